The number of phenolic OH excluding ortho intramolecular Hbond substituents is 4. The van der Waals surface area contributed by atoms with Gasteiger partial charge in [0.25, 0.3) is 0 Å². The Bertz CT molecular complexity index is 1020. The van der Waals surface area contributed by atoms with Gasteiger partial charge in [-0.05, 0) is 37.1 Å². The van der Waals surface area contributed by atoms with E-state index >= 15 is 0 Å². The zero-order chi connectivity index (χ0) is 22.5. The SMILES string of the molecule is Oc1ccccc1C(CCC(c1ccccc1O)c1ccccc1O)c1ccccc1O. The first-order valence-corrected chi connectivity index (χ1v) is 10.7. The fraction of sp³-hybridized carbons (Fsp3) is 0.143. The van der Waals surface area contributed by atoms with Gasteiger partial charge in [-0.1, -0.05) is 72.8 Å². The molecule has 0 saturated heterocycles. The van der Waals surface area contributed by atoms with Crippen molar-refractivity contribution in [3.8, 4) is 23.0 Å². The van der Waals surface area contributed by atoms with Gasteiger partial charge in [-0.25, -0.2) is 0 Å². The van der Waals surface area contributed by atoms with Crippen molar-refractivity contribution >= 4 is 0 Å². The van der Waals surface area contributed by atoms with Gasteiger partial charge in [0.2, 0.25) is 0 Å². The maximum absolute atomic E-state index is 10.6. The molecule has 4 heteroatoms. The van der Waals surface area contributed by atoms with Gasteiger partial charge in [0.15, 0.2) is 0 Å². The number of rotatable bonds is 7. The summed E-state index contributed by atoms with van der Waals surface area (Å²) in [5.74, 6) is 0.142. The fourth-order valence-corrected chi connectivity index (χ4v) is 4.42. The molecular weight excluding hydrogens is 400 g/mol. The van der Waals surface area contributed by atoms with Crippen molar-refractivity contribution in [1.82, 2.24) is 0 Å². The van der Waals surface area contributed by atoms with Crippen molar-refractivity contribution in [2.75, 3.05) is 0 Å². The summed E-state index contributed by atoms with van der Waals surface area (Å²) in [5, 5.41) is 42.2. The molecule has 0 fully saturated rings. The molecule has 32 heavy (non-hydrogen) atoms. The van der Waals surface area contributed by atoms with E-state index in [2.05, 4.69) is 0 Å². The van der Waals surface area contributed by atoms with Crippen LogP contribution in [0.25, 0.3) is 0 Å². The highest BCUT2D eigenvalue weighted by Crippen LogP contribution is 2.44. The van der Waals surface area contributed by atoms with Gasteiger partial charge < -0.3 is 20.4 Å². The third kappa shape index (κ3) is 4.40. The molecule has 4 N–H and O–H groups in total. The van der Waals surface area contributed by atoms with Crippen molar-refractivity contribution in [3.05, 3.63) is 119 Å². The predicted octanol–water partition coefficient (Wildman–Crippen LogP) is 6.25. The minimum Gasteiger partial charge on any atom is -0.508 e. The summed E-state index contributed by atoms with van der Waals surface area (Å²) in [7, 11) is 0. The van der Waals surface area contributed by atoms with E-state index in [1.165, 1.54) is 0 Å². The zero-order valence-corrected chi connectivity index (χ0v) is 17.6. The van der Waals surface area contributed by atoms with Crippen molar-refractivity contribution in [2.24, 2.45) is 0 Å². The van der Waals surface area contributed by atoms with Crippen LogP contribution in [0.1, 0.15) is 46.9 Å². The van der Waals surface area contributed by atoms with Crippen molar-refractivity contribution in [2.45, 2.75) is 24.7 Å². The summed E-state index contributed by atoms with van der Waals surface area (Å²) in [6, 6.07) is 28.6. The van der Waals surface area contributed by atoms with Gasteiger partial charge >= 0.3 is 0 Å². The molecule has 4 aromatic rings. The number of hydrogen-bond acceptors (Lipinski definition) is 4. The molecule has 4 aromatic carbocycles. The zero-order valence-electron chi connectivity index (χ0n) is 17.6. The van der Waals surface area contributed by atoms with Crippen LogP contribution < -0.4 is 0 Å². The smallest absolute Gasteiger partial charge is 0.119 e. The molecule has 162 valence electrons. The first kappa shape index (κ1) is 21.3. The summed E-state index contributed by atoms with van der Waals surface area (Å²) >= 11 is 0. The summed E-state index contributed by atoms with van der Waals surface area (Å²) in [5.41, 5.74) is 2.90. The molecule has 0 aromatic heterocycles. The highest BCUT2D eigenvalue weighted by Gasteiger charge is 2.25. The van der Waals surface area contributed by atoms with Crippen LogP contribution in [0.2, 0.25) is 0 Å². The lowest BCUT2D eigenvalue weighted by molar-refractivity contribution is 0.437. The minimum absolute atomic E-state index is 0.169. The maximum Gasteiger partial charge on any atom is 0.119 e. The third-order valence-corrected chi connectivity index (χ3v) is 5.99. The molecule has 4 rings (SSSR count). The maximum atomic E-state index is 10.6. The molecule has 0 heterocycles. The van der Waals surface area contributed by atoms with E-state index in [0.717, 1.165) is 22.3 Å². The van der Waals surface area contributed by atoms with Crippen molar-refractivity contribution < 1.29 is 20.4 Å². The molecule has 0 bridgehead atoms. The number of para-hydroxylation sites is 4. The van der Waals surface area contributed by atoms with Crippen LogP contribution in [0.5, 0.6) is 23.0 Å². The Morgan fingerprint density at radius 3 is 0.812 bits per heavy atom. The molecule has 0 aliphatic carbocycles. The summed E-state index contributed by atoms with van der Waals surface area (Å²) in [6.45, 7) is 0. The van der Waals surface area contributed by atoms with Crippen LogP contribution in [-0.4, -0.2) is 20.4 Å². The van der Waals surface area contributed by atoms with E-state index in [4.69, 9.17) is 0 Å². The van der Waals surface area contributed by atoms with Gasteiger partial charge in [-0.15, -0.1) is 0 Å². The molecule has 0 aliphatic heterocycles. The first-order valence-electron chi connectivity index (χ1n) is 10.7. The molecule has 0 spiro atoms. The number of phenols is 4. The van der Waals surface area contributed by atoms with E-state index < -0.39 is 0 Å². The molecular formula is C28H26O4. The van der Waals surface area contributed by atoms with E-state index in [1.54, 1.807) is 48.5 Å². The van der Waals surface area contributed by atoms with Crippen molar-refractivity contribution in [1.29, 1.82) is 0 Å². The Labute approximate surface area is 187 Å². The molecule has 0 amide bonds. The van der Waals surface area contributed by atoms with Crippen LogP contribution in [-0.2, 0) is 0 Å². The monoisotopic (exact) mass is 426 g/mol. The third-order valence-electron chi connectivity index (χ3n) is 5.99. The quantitative estimate of drug-likeness (QED) is 0.281. The largest absolute Gasteiger partial charge is 0.508 e. The van der Waals surface area contributed by atoms with E-state index in [9.17, 15) is 20.4 Å². The lowest BCUT2D eigenvalue weighted by atomic mass is 9.80. The highest BCUT2D eigenvalue weighted by molar-refractivity contribution is 5.48. The van der Waals surface area contributed by atoms with Crippen LogP contribution in [0, 0.1) is 0 Å². The van der Waals surface area contributed by atoms with Gasteiger partial charge in [0.05, 0.1) is 0 Å². The Balaban J connectivity index is 1.75. The number of aromatic hydroxyl groups is 4. The average molecular weight is 427 g/mol. The van der Waals surface area contributed by atoms with Gasteiger partial charge in [0.1, 0.15) is 23.0 Å². The second kappa shape index (κ2) is 9.48. The fourth-order valence-electron chi connectivity index (χ4n) is 4.42. The Morgan fingerprint density at radius 2 is 0.594 bits per heavy atom. The standard InChI is InChI=1S/C28H26O4/c29-25-13-5-1-9-21(25)19(22-10-2-6-14-26(22)30)17-18-20(23-11-3-7-15-27(23)31)24-12-4-8-16-28(24)32/h1-16,19-20,29-32H,17-18H2. The summed E-state index contributed by atoms with van der Waals surface area (Å²) in [6.07, 6.45) is 1.14. The Morgan fingerprint density at radius 1 is 0.375 bits per heavy atom. The first-order chi connectivity index (χ1) is 15.6. The molecule has 0 aliphatic rings. The molecule has 0 saturated carbocycles. The van der Waals surface area contributed by atoms with Gasteiger partial charge in [-0.3, -0.25) is 0 Å². The highest BCUT2D eigenvalue weighted by atomic mass is 16.3. The van der Waals surface area contributed by atoms with Gasteiger partial charge in [-0.2, -0.15) is 0 Å². The van der Waals surface area contributed by atoms with Crippen LogP contribution in [0.15, 0.2) is 97.1 Å². The van der Waals surface area contributed by atoms with E-state index in [-0.39, 0.29) is 34.8 Å². The second-order valence-electron chi connectivity index (χ2n) is 7.92. The molecule has 0 atom stereocenters. The molecule has 0 radical (unpaired) electrons. The van der Waals surface area contributed by atoms with Crippen LogP contribution in [0.3, 0.4) is 0 Å². The Kier molecular flexibility index (Phi) is 6.31. The van der Waals surface area contributed by atoms with E-state index in [0.29, 0.717) is 12.8 Å². The lowest BCUT2D eigenvalue weighted by Gasteiger charge is -2.25. The average Bonchev–Trinajstić information content (AvgIpc) is 2.80. The lowest BCUT2D eigenvalue weighted by Crippen LogP contribution is -2.08. The topological polar surface area (TPSA) is 80.9 Å². The number of benzene rings is 4. The Hall–Kier alpha value is -3.92. The summed E-state index contributed by atoms with van der Waals surface area (Å²) < 4.78 is 0. The second-order valence-corrected chi connectivity index (χ2v) is 7.92. The summed E-state index contributed by atoms with van der Waals surface area (Å²) in [4.78, 5) is 0. The molecule has 0 unspecified atom stereocenters. The van der Waals surface area contributed by atoms with Crippen LogP contribution in [0.4, 0.5) is 0 Å². The molecule has 4 nitrogen and oxygen atoms in total. The number of hydrogen-bond donors (Lipinski definition) is 4. The van der Waals surface area contributed by atoms with Crippen molar-refractivity contribution in [3.63, 3.8) is 0 Å². The van der Waals surface area contributed by atoms with Gasteiger partial charge in [0, 0.05) is 34.1 Å². The normalized spacial score (nSPS) is 11.2. The minimum atomic E-state index is -0.267. The van der Waals surface area contributed by atoms with Crippen LogP contribution >= 0.6 is 0 Å². The predicted molar refractivity (Wildman–Crippen MR) is 125 cm³/mol. The van der Waals surface area contributed by atoms with E-state index in [1.807, 2.05) is 48.5 Å².